The first kappa shape index (κ1) is 50.1. The Labute approximate surface area is 308 Å². The van der Waals surface area contributed by atoms with Gasteiger partial charge in [0.15, 0.2) is 0 Å². The van der Waals surface area contributed by atoms with Crippen LogP contribution in [-0.4, -0.2) is 114 Å². The van der Waals surface area contributed by atoms with E-state index in [1.54, 1.807) is 0 Å². The zero-order valence-corrected chi connectivity index (χ0v) is 34.7. The molecular weight excluding hydrogens is 674 g/mol. The van der Waals surface area contributed by atoms with Gasteiger partial charge >= 0.3 is 15.2 Å². The SMILES string of the molecule is CC(C)COP(=O)(CCN(CCCN)CCCN)OCCCCCCCCCCCCOP(=O)(CCN(CCCN)CCCN)OCC(C)C. The Hall–Kier alpha value is 0.0600. The fourth-order valence-electron chi connectivity index (χ4n) is 5.34. The molecular formula is C36H82N6O6P2. The van der Waals surface area contributed by atoms with Gasteiger partial charge in [-0.2, -0.15) is 0 Å². The molecule has 50 heavy (non-hydrogen) atoms. The van der Waals surface area contributed by atoms with Crippen molar-refractivity contribution >= 4 is 15.2 Å². The van der Waals surface area contributed by atoms with Crippen LogP contribution in [0.25, 0.3) is 0 Å². The molecule has 0 aromatic carbocycles. The molecule has 0 heterocycles. The molecule has 0 aliphatic rings. The Kier molecular flexibility index (Phi) is 33.7. The van der Waals surface area contributed by atoms with Crippen LogP contribution in [-0.2, 0) is 27.2 Å². The molecule has 8 N–H and O–H groups in total. The van der Waals surface area contributed by atoms with E-state index in [0.717, 1.165) is 90.4 Å². The van der Waals surface area contributed by atoms with E-state index in [2.05, 4.69) is 37.5 Å². The van der Waals surface area contributed by atoms with Crippen LogP contribution in [0.15, 0.2) is 0 Å². The first-order valence-corrected chi connectivity index (χ1v) is 23.5. The lowest BCUT2D eigenvalue weighted by Gasteiger charge is -2.25. The topological polar surface area (TPSA) is 182 Å². The summed E-state index contributed by atoms with van der Waals surface area (Å²) in [6.45, 7) is 17.4. The molecule has 0 saturated heterocycles. The second kappa shape index (κ2) is 33.6. The lowest BCUT2D eigenvalue weighted by Crippen LogP contribution is -2.31. The summed E-state index contributed by atoms with van der Waals surface area (Å²) < 4.78 is 50.7. The van der Waals surface area contributed by atoms with Gasteiger partial charge in [0.2, 0.25) is 0 Å². The maximum absolute atomic E-state index is 13.5. The number of nitrogens with zero attached hydrogens (tertiary/aromatic N) is 2. The van der Waals surface area contributed by atoms with Gasteiger partial charge in [-0.3, -0.25) is 9.13 Å². The van der Waals surface area contributed by atoms with Gasteiger partial charge in [0.25, 0.3) is 0 Å². The number of unbranched alkanes of at least 4 members (excludes halogenated alkanes) is 9. The fourth-order valence-corrected chi connectivity index (χ4v) is 8.93. The minimum Gasteiger partial charge on any atom is -0.330 e. The average Bonchev–Trinajstić information content (AvgIpc) is 3.09. The lowest BCUT2D eigenvalue weighted by molar-refractivity contribution is 0.178. The van der Waals surface area contributed by atoms with Crippen LogP contribution >= 0.6 is 15.2 Å². The first-order valence-electron chi connectivity index (χ1n) is 20.0. The summed E-state index contributed by atoms with van der Waals surface area (Å²) in [6.07, 6.45) is 15.5. The summed E-state index contributed by atoms with van der Waals surface area (Å²) in [5, 5.41) is 0. The van der Waals surface area contributed by atoms with Crippen molar-refractivity contribution < 1.29 is 27.2 Å². The van der Waals surface area contributed by atoms with E-state index >= 15 is 0 Å². The van der Waals surface area contributed by atoms with E-state index in [0.29, 0.717) is 89.9 Å². The molecule has 0 spiro atoms. The number of hydrogen-bond acceptors (Lipinski definition) is 12. The third kappa shape index (κ3) is 30.5. The molecule has 0 aliphatic heterocycles. The van der Waals surface area contributed by atoms with Crippen molar-refractivity contribution in [1.82, 2.24) is 9.80 Å². The van der Waals surface area contributed by atoms with Gasteiger partial charge in [0, 0.05) is 13.1 Å². The Balaban J connectivity index is 4.28. The standard InChI is InChI=1S/C36H82N6O6P2/c1-35(2)33-47-49(43,31-27-41(23-15-19-37)24-16-20-38)45-29-13-11-9-7-5-6-8-10-12-14-30-46-50(44,48-34-36(3)4)32-28-42(25-17-21-39)26-18-22-40/h35-36H,5-34,37-40H2,1-4H3. The van der Waals surface area contributed by atoms with Crippen molar-refractivity contribution in [2.24, 2.45) is 34.8 Å². The third-order valence-corrected chi connectivity index (χ3v) is 12.2. The molecule has 12 nitrogen and oxygen atoms in total. The van der Waals surface area contributed by atoms with Crippen molar-refractivity contribution in [1.29, 1.82) is 0 Å². The highest BCUT2D eigenvalue weighted by molar-refractivity contribution is 7.54. The van der Waals surface area contributed by atoms with Gasteiger partial charge in [0.1, 0.15) is 0 Å². The largest absolute Gasteiger partial charge is 0.331 e. The minimum absolute atomic E-state index is 0.295. The molecule has 0 rings (SSSR count). The highest BCUT2D eigenvalue weighted by Gasteiger charge is 2.27. The van der Waals surface area contributed by atoms with E-state index in [-0.39, 0.29) is 0 Å². The number of hydrogen-bond donors (Lipinski definition) is 4. The van der Waals surface area contributed by atoms with Gasteiger partial charge in [-0.15, -0.1) is 0 Å². The van der Waals surface area contributed by atoms with Crippen LogP contribution in [0.4, 0.5) is 0 Å². The van der Waals surface area contributed by atoms with Crippen LogP contribution in [0.5, 0.6) is 0 Å². The van der Waals surface area contributed by atoms with E-state index in [9.17, 15) is 9.13 Å². The fraction of sp³-hybridized carbons (Fsp3) is 1.00. The molecule has 14 heteroatoms. The molecule has 0 bridgehead atoms. The average molecular weight is 757 g/mol. The van der Waals surface area contributed by atoms with Crippen molar-refractivity contribution in [3.63, 3.8) is 0 Å². The smallest absolute Gasteiger partial charge is 0.330 e. The van der Waals surface area contributed by atoms with E-state index < -0.39 is 15.2 Å². The summed E-state index contributed by atoms with van der Waals surface area (Å²) in [5.41, 5.74) is 22.8. The van der Waals surface area contributed by atoms with Gasteiger partial charge in [-0.1, -0.05) is 79.1 Å². The highest BCUT2D eigenvalue weighted by atomic mass is 31.2. The van der Waals surface area contributed by atoms with E-state index in [1.165, 1.54) is 25.7 Å². The van der Waals surface area contributed by atoms with E-state index in [1.807, 2.05) is 0 Å². The summed E-state index contributed by atoms with van der Waals surface area (Å²) in [7, 11) is -6.30. The summed E-state index contributed by atoms with van der Waals surface area (Å²) in [6, 6.07) is 0. The van der Waals surface area contributed by atoms with Crippen molar-refractivity contribution in [3.8, 4) is 0 Å². The normalized spacial score (nSPS) is 14.7. The van der Waals surface area contributed by atoms with Crippen LogP contribution < -0.4 is 22.9 Å². The highest BCUT2D eigenvalue weighted by Crippen LogP contribution is 2.49. The monoisotopic (exact) mass is 757 g/mol. The van der Waals surface area contributed by atoms with Crippen LogP contribution in [0, 0.1) is 11.8 Å². The second-order valence-corrected chi connectivity index (χ2v) is 18.9. The molecule has 0 aliphatic carbocycles. The van der Waals surface area contributed by atoms with Gasteiger partial charge < -0.3 is 50.8 Å². The molecule has 0 saturated carbocycles. The molecule has 2 atom stereocenters. The molecule has 302 valence electrons. The Morgan fingerprint density at radius 1 is 0.420 bits per heavy atom. The molecule has 0 aromatic heterocycles. The maximum Gasteiger partial charge on any atom is 0.331 e. The molecule has 0 aromatic rings. The number of rotatable bonds is 39. The Morgan fingerprint density at radius 3 is 0.960 bits per heavy atom. The quantitative estimate of drug-likeness (QED) is 0.0388. The second-order valence-electron chi connectivity index (χ2n) is 14.5. The predicted octanol–water partition coefficient (Wildman–Crippen LogP) is 6.65. The Morgan fingerprint density at radius 2 is 0.700 bits per heavy atom. The molecule has 0 radical (unpaired) electrons. The predicted molar refractivity (Wildman–Crippen MR) is 212 cm³/mol. The van der Waals surface area contributed by atoms with Crippen LogP contribution in [0.3, 0.4) is 0 Å². The zero-order chi connectivity index (χ0) is 37.4. The Bertz CT molecular complexity index is 763. The minimum atomic E-state index is -3.15. The van der Waals surface area contributed by atoms with Crippen molar-refractivity contribution in [3.05, 3.63) is 0 Å². The zero-order valence-electron chi connectivity index (χ0n) is 32.9. The number of nitrogens with two attached hydrogens (primary N) is 4. The first-order chi connectivity index (χ1) is 24.0. The maximum atomic E-state index is 13.5. The van der Waals surface area contributed by atoms with E-state index in [4.69, 9.17) is 41.0 Å². The van der Waals surface area contributed by atoms with Crippen molar-refractivity contribution in [2.45, 2.75) is 118 Å². The van der Waals surface area contributed by atoms with Crippen LogP contribution in [0.1, 0.15) is 118 Å². The summed E-state index contributed by atoms with van der Waals surface area (Å²) >= 11 is 0. The van der Waals surface area contributed by atoms with Gasteiger partial charge in [-0.05, 0) is 103 Å². The van der Waals surface area contributed by atoms with Crippen molar-refractivity contribution in [2.75, 3.05) is 104 Å². The van der Waals surface area contributed by atoms with Gasteiger partial charge in [-0.25, -0.2) is 0 Å². The lowest BCUT2D eigenvalue weighted by atomic mass is 10.1. The third-order valence-electron chi connectivity index (χ3n) is 8.42. The summed E-state index contributed by atoms with van der Waals surface area (Å²) in [5.74, 6) is 0.591. The van der Waals surface area contributed by atoms with Gasteiger partial charge in [0.05, 0.1) is 38.8 Å². The molecule has 0 amide bonds. The molecule has 0 fully saturated rings. The van der Waals surface area contributed by atoms with Crippen LogP contribution in [0.2, 0.25) is 0 Å². The summed E-state index contributed by atoms with van der Waals surface area (Å²) in [4.78, 5) is 4.55. The molecule has 2 unspecified atom stereocenters.